The number of fused-ring (bicyclic) bond motifs is 5. The van der Waals surface area contributed by atoms with Crippen LogP contribution in [0.3, 0.4) is 0 Å². The van der Waals surface area contributed by atoms with Crippen LogP contribution in [0.15, 0.2) is 24.3 Å². The quantitative estimate of drug-likeness (QED) is 0.787. The van der Waals surface area contributed by atoms with Crippen molar-refractivity contribution in [3.8, 4) is 0 Å². The van der Waals surface area contributed by atoms with Crippen molar-refractivity contribution in [3.05, 3.63) is 35.5 Å². The first-order valence-corrected chi connectivity index (χ1v) is 8.00. The lowest BCUT2D eigenvalue weighted by molar-refractivity contribution is -0.144. The number of aryl methyl sites for hydroxylation is 1. The molecule has 4 rings (SSSR count). The Balaban J connectivity index is 1.96. The molecule has 1 saturated heterocycles. The van der Waals surface area contributed by atoms with Crippen LogP contribution in [-0.2, 0) is 16.8 Å². The molecule has 3 heteroatoms. The molecule has 3 nitrogen and oxygen atoms in total. The monoisotopic (exact) mass is 282 g/mol. The standard InChI is InChI=1S/C18H22N2O/c1-12-10-16(21)20-9-5-7-14-13-6-3-4-8-15(13)19-17(14)18(20,2)11-12/h3-4,6,8,12,19H,5,7,9-11H2,1-2H3. The highest BCUT2D eigenvalue weighted by atomic mass is 16.2. The number of amides is 1. The molecule has 1 amide bonds. The summed E-state index contributed by atoms with van der Waals surface area (Å²) < 4.78 is 0. The van der Waals surface area contributed by atoms with Crippen molar-refractivity contribution in [2.45, 2.75) is 45.1 Å². The van der Waals surface area contributed by atoms with Gasteiger partial charge in [-0.3, -0.25) is 4.79 Å². The van der Waals surface area contributed by atoms with Crippen LogP contribution in [0.5, 0.6) is 0 Å². The summed E-state index contributed by atoms with van der Waals surface area (Å²) in [7, 11) is 0. The number of benzene rings is 1. The van der Waals surface area contributed by atoms with Crippen LogP contribution in [0.4, 0.5) is 0 Å². The van der Waals surface area contributed by atoms with Gasteiger partial charge in [0.05, 0.1) is 5.54 Å². The SMILES string of the molecule is CC1CC(=O)N2CCCc3c([nH]c4ccccc34)C2(C)C1. The van der Waals surface area contributed by atoms with Crippen molar-refractivity contribution >= 4 is 16.8 Å². The van der Waals surface area contributed by atoms with E-state index >= 15 is 0 Å². The minimum absolute atomic E-state index is 0.167. The zero-order valence-electron chi connectivity index (χ0n) is 12.8. The average Bonchev–Trinajstić information content (AvgIpc) is 2.74. The van der Waals surface area contributed by atoms with Crippen LogP contribution >= 0.6 is 0 Å². The van der Waals surface area contributed by atoms with E-state index in [4.69, 9.17) is 0 Å². The fourth-order valence-corrected chi connectivity index (χ4v) is 4.49. The molecule has 2 aliphatic heterocycles. The van der Waals surface area contributed by atoms with Gasteiger partial charge in [0.25, 0.3) is 0 Å². The van der Waals surface area contributed by atoms with E-state index < -0.39 is 0 Å². The molecular weight excluding hydrogens is 260 g/mol. The van der Waals surface area contributed by atoms with Crippen LogP contribution in [0, 0.1) is 5.92 Å². The third-order valence-corrected chi connectivity index (χ3v) is 5.33. The summed E-state index contributed by atoms with van der Waals surface area (Å²) in [5.41, 5.74) is 3.74. The molecule has 0 spiro atoms. The number of hydrogen-bond acceptors (Lipinski definition) is 1. The van der Waals surface area contributed by atoms with Crippen LogP contribution < -0.4 is 0 Å². The van der Waals surface area contributed by atoms with Crippen molar-refractivity contribution < 1.29 is 4.79 Å². The Kier molecular flexibility index (Phi) is 2.69. The van der Waals surface area contributed by atoms with Crippen LogP contribution in [0.25, 0.3) is 10.9 Å². The average molecular weight is 282 g/mol. The minimum Gasteiger partial charge on any atom is -0.356 e. The first-order chi connectivity index (χ1) is 10.1. The number of piperidine rings is 1. The second-order valence-electron chi connectivity index (χ2n) is 6.96. The van der Waals surface area contributed by atoms with E-state index in [1.807, 2.05) is 0 Å². The highest BCUT2D eigenvalue weighted by Gasteiger charge is 2.45. The lowest BCUT2D eigenvalue weighted by atomic mass is 9.79. The van der Waals surface area contributed by atoms with E-state index in [0.717, 1.165) is 25.8 Å². The van der Waals surface area contributed by atoms with Gasteiger partial charge in [-0.05, 0) is 43.7 Å². The van der Waals surface area contributed by atoms with Crippen molar-refractivity contribution in [2.24, 2.45) is 5.92 Å². The Morgan fingerprint density at radius 2 is 2.14 bits per heavy atom. The van der Waals surface area contributed by atoms with Crippen LogP contribution in [-0.4, -0.2) is 22.3 Å². The van der Waals surface area contributed by atoms with E-state index in [1.54, 1.807) is 0 Å². The third-order valence-electron chi connectivity index (χ3n) is 5.33. The van der Waals surface area contributed by atoms with Gasteiger partial charge < -0.3 is 9.88 Å². The Labute approximate surface area is 125 Å². The Bertz CT molecular complexity index is 717. The van der Waals surface area contributed by atoms with Gasteiger partial charge in [0.1, 0.15) is 0 Å². The fourth-order valence-electron chi connectivity index (χ4n) is 4.49. The molecule has 1 N–H and O–H groups in total. The Morgan fingerprint density at radius 1 is 1.33 bits per heavy atom. The third kappa shape index (κ3) is 1.76. The molecule has 2 aliphatic rings. The van der Waals surface area contributed by atoms with Gasteiger partial charge >= 0.3 is 0 Å². The number of aromatic nitrogens is 1. The molecule has 0 radical (unpaired) electrons. The molecule has 3 heterocycles. The van der Waals surface area contributed by atoms with Crippen molar-refractivity contribution in [1.29, 1.82) is 0 Å². The molecule has 2 atom stereocenters. The summed E-state index contributed by atoms with van der Waals surface area (Å²) in [6.45, 7) is 5.34. The molecule has 21 heavy (non-hydrogen) atoms. The van der Waals surface area contributed by atoms with Gasteiger partial charge in [-0.2, -0.15) is 0 Å². The van der Waals surface area contributed by atoms with E-state index in [2.05, 4.69) is 48.0 Å². The number of hydrogen-bond donors (Lipinski definition) is 1. The largest absolute Gasteiger partial charge is 0.356 e. The number of H-pyrrole nitrogens is 1. The number of para-hydroxylation sites is 1. The molecule has 0 aliphatic carbocycles. The zero-order chi connectivity index (χ0) is 14.6. The number of carbonyl (C=O) groups excluding carboxylic acids is 1. The van der Waals surface area contributed by atoms with Crippen LogP contribution in [0.1, 0.15) is 44.4 Å². The molecule has 1 fully saturated rings. The van der Waals surface area contributed by atoms with Crippen molar-refractivity contribution in [3.63, 3.8) is 0 Å². The maximum Gasteiger partial charge on any atom is 0.223 e. The molecule has 2 unspecified atom stereocenters. The molecular formula is C18H22N2O. The molecule has 0 saturated carbocycles. The highest BCUT2D eigenvalue weighted by Crippen LogP contribution is 2.45. The van der Waals surface area contributed by atoms with E-state index in [1.165, 1.54) is 22.2 Å². The second-order valence-corrected chi connectivity index (χ2v) is 6.96. The number of carbonyl (C=O) groups is 1. The predicted octanol–water partition coefficient (Wildman–Crippen LogP) is 3.59. The first kappa shape index (κ1) is 12.9. The minimum atomic E-state index is -0.167. The van der Waals surface area contributed by atoms with Gasteiger partial charge in [0.15, 0.2) is 0 Å². The topological polar surface area (TPSA) is 36.1 Å². The fraction of sp³-hybridized carbons (Fsp3) is 0.500. The lowest BCUT2D eigenvalue weighted by Crippen LogP contribution is -2.52. The molecule has 0 bridgehead atoms. The maximum absolute atomic E-state index is 12.5. The van der Waals surface area contributed by atoms with Gasteiger partial charge in [-0.15, -0.1) is 0 Å². The number of nitrogens with zero attached hydrogens (tertiary/aromatic N) is 1. The maximum atomic E-state index is 12.5. The smallest absolute Gasteiger partial charge is 0.223 e. The summed E-state index contributed by atoms with van der Waals surface area (Å²) in [6, 6.07) is 8.53. The summed E-state index contributed by atoms with van der Waals surface area (Å²) in [5.74, 6) is 0.777. The molecule has 2 aromatic rings. The molecule has 1 aromatic carbocycles. The van der Waals surface area contributed by atoms with Gasteiger partial charge in [-0.1, -0.05) is 25.1 Å². The normalized spacial score (nSPS) is 29.1. The predicted molar refractivity (Wildman–Crippen MR) is 84.1 cm³/mol. The number of rotatable bonds is 0. The van der Waals surface area contributed by atoms with Crippen LogP contribution in [0.2, 0.25) is 0 Å². The molecule has 110 valence electrons. The van der Waals surface area contributed by atoms with E-state index in [-0.39, 0.29) is 5.54 Å². The van der Waals surface area contributed by atoms with Gasteiger partial charge in [-0.25, -0.2) is 0 Å². The van der Waals surface area contributed by atoms with Gasteiger partial charge in [0.2, 0.25) is 5.91 Å². The second kappa shape index (κ2) is 4.36. The summed E-state index contributed by atoms with van der Waals surface area (Å²) >= 11 is 0. The Morgan fingerprint density at radius 3 is 3.00 bits per heavy atom. The first-order valence-electron chi connectivity index (χ1n) is 8.00. The number of aromatic amines is 1. The lowest BCUT2D eigenvalue weighted by Gasteiger charge is -2.46. The van der Waals surface area contributed by atoms with E-state index in [9.17, 15) is 4.79 Å². The Hall–Kier alpha value is -1.77. The van der Waals surface area contributed by atoms with Gasteiger partial charge in [0, 0.05) is 29.6 Å². The summed E-state index contributed by atoms with van der Waals surface area (Å²) in [4.78, 5) is 18.3. The van der Waals surface area contributed by atoms with Crippen molar-refractivity contribution in [2.75, 3.05) is 6.54 Å². The number of nitrogens with one attached hydrogen (secondary N) is 1. The van der Waals surface area contributed by atoms with Crippen molar-refractivity contribution in [1.82, 2.24) is 9.88 Å². The van der Waals surface area contributed by atoms with E-state index in [0.29, 0.717) is 18.2 Å². The highest BCUT2D eigenvalue weighted by molar-refractivity contribution is 5.86. The molecule has 1 aromatic heterocycles. The summed E-state index contributed by atoms with van der Waals surface area (Å²) in [6.07, 6.45) is 3.88. The zero-order valence-corrected chi connectivity index (χ0v) is 12.8. The summed E-state index contributed by atoms with van der Waals surface area (Å²) in [5, 5.41) is 1.33.